The van der Waals surface area contributed by atoms with Gasteiger partial charge in [0, 0.05) is 43.4 Å². The zero-order valence-electron chi connectivity index (χ0n) is 29.8. The average molecular weight is 720 g/mol. The molecule has 258 valence electrons. The van der Waals surface area contributed by atoms with E-state index in [9.17, 15) is 0 Å². The van der Waals surface area contributed by atoms with Gasteiger partial charge in [-0.05, 0) is 75.2 Å². The van der Waals surface area contributed by atoms with Crippen LogP contribution in [0.1, 0.15) is 0 Å². The first-order chi connectivity index (χ1) is 27.3. The van der Waals surface area contributed by atoms with Crippen LogP contribution in [0.2, 0.25) is 0 Å². The molecule has 0 bridgehead atoms. The van der Waals surface area contributed by atoms with Crippen molar-refractivity contribution in [2.45, 2.75) is 0 Å². The molecule has 0 N–H and O–H groups in total. The van der Waals surface area contributed by atoms with Crippen molar-refractivity contribution in [3.8, 4) is 33.4 Å². The number of hydrogen-bond donors (Lipinski definition) is 0. The molecule has 0 aliphatic carbocycles. The summed E-state index contributed by atoms with van der Waals surface area (Å²) in [5, 5.41) is 7.06. The summed E-state index contributed by atoms with van der Waals surface area (Å²) in [5.74, 6) is 0. The highest BCUT2D eigenvalue weighted by atomic mass is 32.1. The fourth-order valence-electron chi connectivity index (χ4n) is 8.31. The van der Waals surface area contributed by atoms with Crippen LogP contribution in [0.3, 0.4) is 0 Å². The highest BCUT2D eigenvalue weighted by molar-refractivity contribution is 7.26. The van der Waals surface area contributed by atoms with E-state index in [4.69, 9.17) is 4.42 Å². The number of hydrogen-bond acceptors (Lipinski definition) is 3. The molecule has 0 amide bonds. The second kappa shape index (κ2) is 12.9. The maximum Gasteiger partial charge on any atom is 0.143 e. The van der Waals surface area contributed by atoms with Crippen molar-refractivity contribution >= 4 is 81.3 Å². The smallest absolute Gasteiger partial charge is 0.143 e. The van der Waals surface area contributed by atoms with Gasteiger partial charge in [-0.2, -0.15) is 0 Å². The molecule has 0 saturated carbocycles. The predicted octanol–water partition coefficient (Wildman–Crippen LogP) is 15.6. The second-order valence-electron chi connectivity index (χ2n) is 14.0. The lowest BCUT2D eigenvalue weighted by Gasteiger charge is -2.27. The molecule has 0 atom stereocenters. The van der Waals surface area contributed by atoms with Gasteiger partial charge in [0.2, 0.25) is 0 Å². The van der Waals surface area contributed by atoms with Crippen LogP contribution in [0.5, 0.6) is 0 Å². The molecule has 3 heteroatoms. The van der Waals surface area contributed by atoms with Crippen LogP contribution in [0.15, 0.2) is 205 Å². The molecule has 2 aromatic heterocycles. The van der Waals surface area contributed by atoms with Crippen LogP contribution in [0, 0.1) is 0 Å². The van der Waals surface area contributed by atoms with Crippen LogP contribution in [-0.4, -0.2) is 0 Å². The Morgan fingerprint density at radius 1 is 0.382 bits per heavy atom. The van der Waals surface area contributed by atoms with Gasteiger partial charge >= 0.3 is 0 Å². The molecule has 0 unspecified atom stereocenters. The summed E-state index contributed by atoms with van der Waals surface area (Å²) in [7, 11) is 0. The molecule has 0 radical (unpaired) electrons. The monoisotopic (exact) mass is 719 g/mol. The fourth-order valence-corrected chi connectivity index (χ4v) is 9.52. The number of fused-ring (bicyclic) bond motifs is 8. The van der Waals surface area contributed by atoms with E-state index in [0.717, 1.165) is 55.5 Å². The molecule has 2 heterocycles. The van der Waals surface area contributed by atoms with E-state index in [0.29, 0.717) is 0 Å². The Kier molecular flexibility index (Phi) is 7.39. The van der Waals surface area contributed by atoms with Crippen LogP contribution >= 0.6 is 11.3 Å². The Balaban J connectivity index is 1.21. The standard InChI is InChI=1S/C52H33NOS/c1-4-15-34(16-5-1)35-27-29-38(30-28-35)53(47-25-14-24-43-41-22-12-13-26-49(41)55-52(43)47)39-31-45(37-19-8-3-9-20-37)50-46-33-44(36-17-6-2-7-18-36)40-21-10-11-23-42(40)51(46)54-48(50)32-39/h1-33H. The van der Waals surface area contributed by atoms with Crippen molar-refractivity contribution < 1.29 is 4.42 Å². The first-order valence-corrected chi connectivity index (χ1v) is 19.5. The van der Waals surface area contributed by atoms with Crippen molar-refractivity contribution in [3.63, 3.8) is 0 Å². The molecule has 0 fully saturated rings. The molecule has 0 aliphatic rings. The molecular formula is C52H33NOS. The van der Waals surface area contributed by atoms with Crippen molar-refractivity contribution in [3.05, 3.63) is 200 Å². The Labute approximate surface area is 322 Å². The van der Waals surface area contributed by atoms with Crippen LogP contribution in [0.4, 0.5) is 17.1 Å². The number of rotatable bonds is 6. The second-order valence-corrected chi connectivity index (χ2v) is 15.1. The SMILES string of the molecule is c1ccc(-c2ccc(N(c3cc(-c4ccccc4)c4c(c3)oc3c5ccccc5c(-c5ccccc5)cc34)c3cccc4c3sc3ccccc34)cc2)cc1. The van der Waals surface area contributed by atoms with Gasteiger partial charge in [-0.1, -0.05) is 158 Å². The number of furan rings is 1. The van der Waals surface area contributed by atoms with E-state index in [2.05, 4.69) is 205 Å². The summed E-state index contributed by atoms with van der Waals surface area (Å²) in [6.45, 7) is 0. The molecule has 0 saturated heterocycles. The van der Waals surface area contributed by atoms with E-state index in [1.54, 1.807) is 0 Å². The van der Waals surface area contributed by atoms with Gasteiger partial charge in [0.05, 0.1) is 16.1 Å². The number of benzene rings is 9. The summed E-state index contributed by atoms with van der Waals surface area (Å²) < 4.78 is 9.60. The quantitative estimate of drug-likeness (QED) is 0.170. The molecular weight excluding hydrogens is 687 g/mol. The van der Waals surface area contributed by atoms with Gasteiger partial charge < -0.3 is 9.32 Å². The van der Waals surface area contributed by atoms with Gasteiger partial charge in [-0.15, -0.1) is 11.3 Å². The Bertz CT molecular complexity index is 3180. The average Bonchev–Trinajstić information content (AvgIpc) is 3.84. The number of nitrogens with zero attached hydrogens (tertiary/aromatic N) is 1. The topological polar surface area (TPSA) is 16.4 Å². The summed E-state index contributed by atoms with van der Waals surface area (Å²) in [6, 6.07) is 72.0. The maximum atomic E-state index is 7.07. The summed E-state index contributed by atoms with van der Waals surface area (Å²) in [6.07, 6.45) is 0. The minimum absolute atomic E-state index is 0.858. The highest BCUT2D eigenvalue weighted by Crippen LogP contribution is 2.49. The van der Waals surface area contributed by atoms with Gasteiger partial charge in [0.15, 0.2) is 0 Å². The van der Waals surface area contributed by atoms with Crippen LogP contribution in [0.25, 0.3) is 86.3 Å². The van der Waals surface area contributed by atoms with Gasteiger partial charge in [-0.25, -0.2) is 0 Å². The minimum Gasteiger partial charge on any atom is -0.455 e. The van der Waals surface area contributed by atoms with E-state index < -0.39 is 0 Å². The summed E-state index contributed by atoms with van der Waals surface area (Å²) in [4.78, 5) is 2.42. The highest BCUT2D eigenvalue weighted by Gasteiger charge is 2.23. The molecule has 0 aliphatic heterocycles. The third-order valence-corrected chi connectivity index (χ3v) is 12.1. The zero-order chi connectivity index (χ0) is 36.3. The van der Waals surface area contributed by atoms with Crippen LogP contribution < -0.4 is 4.90 Å². The molecule has 11 rings (SSSR count). The Morgan fingerprint density at radius 3 is 1.69 bits per heavy atom. The largest absolute Gasteiger partial charge is 0.455 e. The minimum atomic E-state index is 0.858. The molecule has 11 aromatic rings. The van der Waals surface area contributed by atoms with E-state index in [1.165, 1.54) is 47.8 Å². The van der Waals surface area contributed by atoms with Crippen LogP contribution in [-0.2, 0) is 0 Å². The normalized spacial score (nSPS) is 11.6. The number of anilines is 3. The van der Waals surface area contributed by atoms with E-state index >= 15 is 0 Å². The van der Waals surface area contributed by atoms with Gasteiger partial charge in [-0.3, -0.25) is 0 Å². The zero-order valence-corrected chi connectivity index (χ0v) is 30.6. The Hall–Kier alpha value is -6.94. The third kappa shape index (κ3) is 5.24. The van der Waals surface area contributed by atoms with Crippen molar-refractivity contribution in [2.75, 3.05) is 4.90 Å². The lowest BCUT2D eigenvalue weighted by molar-refractivity contribution is 0.673. The van der Waals surface area contributed by atoms with Crippen molar-refractivity contribution in [1.29, 1.82) is 0 Å². The fraction of sp³-hybridized carbons (Fsp3) is 0. The van der Waals surface area contributed by atoms with Gasteiger partial charge in [0.1, 0.15) is 11.2 Å². The lowest BCUT2D eigenvalue weighted by Crippen LogP contribution is -2.10. The van der Waals surface area contributed by atoms with Crippen molar-refractivity contribution in [2.24, 2.45) is 0 Å². The number of thiophene rings is 1. The summed E-state index contributed by atoms with van der Waals surface area (Å²) in [5.41, 5.74) is 12.1. The maximum absolute atomic E-state index is 7.07. The first-order valence-electron chi connectivity index (χ1n) is 18.7. The lowest BCUT2D eigenvalue weighted by atomic mass is 9.93. The van der Waals surface area contributed by atoms with Crippen molar-refractivity contribution in [1.82, 2.24) is 0 Å². The molecule has 0 spiro atoms. The molecule has 55 heavy (non-hydrogen) atoms. The summed E-state index contributed by atoms with van der Waals surface area (Å²) >= 11 is 1.85. The van der Waals surface area contributed by atoms with E-state index in [1.807, 2.05) is 11.3 Å². The molecule has 9 aromatic carbocycles. The first kappa shape index (κ1) is 31.6. The third-order valence-electron chi connectivity index (χ3n) is 10.8. The van der Waals surface area contributed by atoms with E-state index in [-0.39, 0.29) is 0 Å². The predicted molar refractivity (Wildman–Crippen MR) is 235 cm³/mol. The molecule has 2 nitrogen and oxygen atoms in total. The van der Waals surface area contributed by atoms with Gasteiger partial charge in [0.25, 0.3) is 0 Å². The Morgan fingerprint density at radius 2 is 0.964 bits per heavy atom.